The number of thioether (sulfide) groups is 1. The molecule has 188 valence electrons. The molecule has 0 unspecified atom stereocenters. The van der Waals surface area contributed by atoms with Crippen LogP contribution in [0.5, 0.6) is 0 Å². The third-order valence-corrected chi connectivity index (χ3v) is 7.57. The summed E-state index contributed by atoms with van der Waals surface area (Å²) in [5, 5.41) is 16.4. The second kappa shape index (κ2) is 10.4. The van der Waals surface area contributed by atoms with Gasteiger partial charge < -0.3 is 20.8 Å². The Bertz CT molecular complexity index is 929. The zero-order valence-corrected chi connectivity index (χ0v) is 19.0. The van der Waals surface area contributed by atoms with Crippen molar-refractivity contribution >= 4 is 35.5 Å². The Kier molecular flexibility index (Phi) is 7.96. The lowest BCUT2D eigenvalue weighted by molar-refractivity contribution is -0.192. The van der Waals surface area contributed by atoms with Gasteiger partial charge in [0.1, 0.15) is 17.1 Å². The number of carbonyl (C=O) groups excluding carboxylic acids is 2. The van der Waals surface area contributed by atoms with Gasteiger partial charge >= 0.3 is 18.1 Å². The topological polar surface area (TPSA) is 141 Å². The van der Waals surface area contributed by atoms with Crippen LogP contribution in [-0.4, -0.2) is 80.2 Å². The molecule has 0 aromatic carbocycles. The first kappa shape index (κ1) is 26.1. The van der Waals surface area contributed by atoms with Crippen molar-refractivity contribution in [2.75, 3.05) is 18.8 Å². The summed E-state index contributed by atoms with van der Waals surface area (Å²) in [5.41, 5.74) is 6.94. The van der Waals surface area contributed by atoms with Crippen molar-refractivity contribution in [2.24, 2.45) is 11.7 Å². The largest absolute Gasteiger partial charge is 0.490 e. The zero-order valence-electron chi connectivity index (χ0n) is 18.2. The van der Waals surface area contributed by atoms with Crippen molar-refractivity contribution < 1.29 is 42.6 Å². The minimum atomic E-state index is -5.08. The molecule has 4 rings (SSSR count). The van der Waals surface area contributed by atoms with Gasteiger partial charge in [-0.2, -0.15) is 13.2 Å². The Hall–Kier alpha value is -2.54. The number of aliphatic carboxylic acids is 2. The van der Waals surface area contributed by atoms with Gasteiger partial charge in [0.2, 0.25) is 11.8 Å². The molecule has 0 aromatic rings. The first-order chi connectivity index (χ1) is 15.9. The van der Waals surface area contributed by atoms with E-state index in [-0.39, 0.29) is 22.9 Å². The number of β-lactam (4-membered cyclic amide) rings is 1. The highest BCUT2D eigenvalue weighted by Gasteiger charge is 2.51. The summed E-state index contributed by atoms with van der Waals surface area (Å²) < 4.78 is 31.7. The molecule has 1 aliphatic carbocycles. The number of halogens is 3. The second-order valence-corrected chi connectivity index (χ2v) is 9.70. The van der Waals surface area contributed by atoms with E-state index >= 15 is 0 Å². The van der Waals surface area contributed by atoms with Crippen LogP contribution in [0.1, 0.15) is 38.5 Å². The maximum atomic E-state index is 12.8. The van der Waals surface area contributed by atoms with Gasteiger partial charge in [-0.15, -0.1) is 11.8 Å². The highest BCUT2D eigenvalue weighted by atomic mass is 32.2. The summed E-state index contributed by atoms with van der Waals surface area (Å²) in [7, 11) is 0. The fraction of sp³-hybridized carbons (Fsp3) is 0.619. The van der Waals surface area contributed by atoms with Crippen molar-refractivity contribution in [1.29, 1.82) is 0 Å². The number of hydrogen-bond donors (Lipinski definition) is 3. The maximum Gasteiger partial charge on any atom is 0.490 e. The van der Waals surface area contributed by atoms with Gasteiger partial charge in [-0.05, 0) is 36.8 Å². The Morgan fingerprint density at radius 1 is 1.15 bits per heavy atom. The van der Waals surface area contributed by atoms with Gasteiger partial charge in [-0.3, -0.25) is 14.5 Å². The number of allylic oxidation sites excluding steroid dienone is 1. The smallest absolute Gasteiger partial charge is 0.477 e. The quantitative estimate of drug-likeness (QED) is 0.389. The molecule has 3 aliphatic heterocycles. The van der Waals surface area contributed by atoms with Crippen LogP contribution in [0, 0.1) is 5.92 Å². The Morgan fingerprint density at radius 3 is 2.32 bits per heavy atom. The molecule has 4 N–H and O–H groups in total. The number of rotatable bonds is 4. The number of amides is 2. The van der Waals surface area contributed by atoms with Gasteiger partial charge in [-0.1, -0.05) is 19.3 Å². The Labute approximate surface area is 197 Å². The first-order valence-electron chi connectivity index (χ1n) is 10.9. The lowest BCUT2D eigenvalue weighted by Crippen LogP contribution is -2.68. The van der Waals surface area contributed by atoms with Crippen LogP contribution >= 0.6 is 11.8 Å². The molecule has 0 bridgehead atoms. The number of fused-ring (bicyclic) bond motifs is 1. The van der Waals surface area contributed by atoms with Gasteiger partial charge in [0.05, 0.1) is 0 Å². The lowest BCUT2D eigenvalue weighted by Gasteiger charge is -2.47. The van der Waals surface area contributed by atoms with E-state index in [1.165, 1.54) is 48.8 Å². The highest BCUT2D eigenvalue weighted by molar-refractivity contribution is 8.00. The van der Waals surface area contributed by atoms with Crippen molar-refractivity contribution in [3.05, 3.63) is 22.9 Å². The van der Waals surface area contributed by atoms with Crippen LogP contribution in [0.2, 0.25) is 0 Å². The minimum Gasteiger partial charge on any atom is -0.477 e. The number of nitrogens with zero attached hydrogens (tertiary/aromatic N) is 2. The maximum absolute atomic E-state index is 12.8. The predicted molar refractivity (Wildman–Crippen MR) is 115 cm³/mol. The molecule has 2 amide bonds. The normalized spacial score (nSPS) is 26.8. The van der Waals surface area contributed by atoms with Gasteiger partial charge in [0.15, 0.2) is 0 Å². The third kappa shape index (κ3) is 5.57. The molecule has 4 aliphatic rings. The summed E-state index contributed by atoms with van der Waals surface area (Å²) in [6, 6.07) is -0.641. The summed E-state index contributed by atoms with van der Waals surface area (Å²) in [5.74, 6) is -3.22. The first-order valence-corrected chi connectivity index (χ1v) is 11.9. The standard InChI is InChI=1S/C19H25N3O4S.C2HF3O2/c20-14-17(24)22-15(19(25)26)13(10-27-18(14)22)8-12-6-7-21(16(12)23)9-11-4-2-1-3-5-11;3-2(4,5)1(6)7/h8,11,14,18H,1-7,9-10,20H2,(H,25,26);(H,6,7)/b12-8+;/t14-,18-;/m1./s1. The van der Waals surface area contributed by atoms with E-state index < -0.39 is 24.2 Å². The van der Waals surface area contributed by atoms with E-state index in [2.05, 4.69) is 0 Å². The number of carboxylic acids is 2. The van der Waals surface area contributed by atoms with E-state index in [0.29, 0.717) is 35.8 Å². The van der Waals surface area contributed by atoms with E-state index in [9.17, 15) is 32.7 Å². The number of nitrogens with two attached hydrogens (primary N) is 1. The number of carbonyl (C=O) groups is 4. The van der Waals surface area contributed by atoms with Gasteiger partial charge in [0.25, 0.3) is 0 Å². The fourth-order valence-electron chi connectivity index (χ4n) is 4.52. The summed E-state index contributed by atoms with van der Waals surface area (Å²) in [6.07, 6.45) is 3.40. The average molecular weight is 506 g/mol. The van der Waals surface area contributed by atoms with Crippen LogP contribution in [0.25, 0.3) is 0 Å². The van der Waals surface area contributed by atoms with Crippen LogP contribution in [0.3, 0.4) is 0 Å². The summed E-state index contributed by atoms with van der Waals surface area (Å²) in [6.45, 7) is 1.50. The van der Waals surface area contributed by atoms with Crippen LogP contribution in [0.15, 0.2) is 22.9 Å². The van der Waals surface area contributed by atoms with Gasteiger partial charge in [-0.25, -0.2) is 9.59 Å². The van der Waals surface area contributed by atoms with Crippen LogP contribution in [-0.2, 0) is 19.2 Å². The second-order valence-electron chi connectivity index (χ2n) is 8.59. The Balaban J connectivity index is 0.000000406. The molecule has 1 saturated carbocycles. The Morgan fingerprint density at radius 2 is 1.76 bits per heavy atom. The molecular formula is C21H26F3N3O6S. The number of alkyl halides is 3. The molecule has 2 atom stereocenters. The molecule has 9 nitrogen and oxygen atoms in total. The fourth-order valence-corrected chi connectivity index (χ4v) is 5.77. The van der Waals surface area contributed by atoms with Crippen LogP contribution in [0.4, 0.5) is 13.2 Å². The van der Waals surface area contributed by atoms with Crippen LogP contribution < -0.4 is 5.73 Å². The molecular weight excluding hydrogens is 479 g/mol. The molecule has 0 aromatic heterocycles. The molecule has 13 heteroatoms. The summed E-state index contributed by atoms with van der Waals surface area (Å²) in [4.78, 5) is 48.6. The molecule has 34 heavy (non-hydrogen) atoms. The molecule has 2 saturated heterocycles. The van der Waals surface area contributed by atoms with E-state index in [4.69, 9.17) is 15.6 Å². The monoisotopic (exact) mass is 505 g/mol. The average Bonchev–Trinajstić information content (AvgIpc) is 3.12. The highest BCUT2D eigenvalue weighted by Crippen LogP contribution is 2.40. The SMILES string of the molecule is N[C@@H]1C(=O)N2C(C(=O)O)=C(/C=C3\CCN(CC4CCCCC4)C3=O)CS[C@H]12.O=C(O)C(F)(F)F. The molecule has 3 fully saturated rings. The predicted octanol–water partition coefficient (Wildman–Crippen LogP) is 1.94. The third-order valence-electron chi connectivity index (χ3n) is 6.25. The van der Waals surface area contributed by atoms with E-state index in [0.717, 1.165) is 6.54 Å². The van der Waals surface area contributed by atoms with Gasteiger partial charge in [0, 0.05) is 24.4 Å². The minimum absolute atomic E-state index is 0.0107. The van der Waals surface area contributed by atoms with E-state index in [1.54, 1.807) is 6.08 Å². The summed E-state index contributed by atoms with van der Waals surface area (Å²) >= 11 is 1.46. The lowest BCUT2D eigenvalue weighted by atomic mass is 9.89. The van der Waals surface area contributed by atoms with Crippen molar-refractivity contribution in [2.45, 2.75) is 56.1 Å². The number of likely N-dealkylation sites (tertiary alicyclic amines) is 1. The van der Waals surface area contributed by atoms with Crippen molar-refractivity contribution in [3.63, 3.8) is 0 Å². The zero-order chi connectivity index (χ0) is 25.2. The molecule has 0 radical (unpaired) electrons. The molecule has 0 spiro atoms. The van der Waals surface area contributed by atoms with Crippen molar-refractivity contribution in [3.8, 4) is 0 Å². The van der Waals surface area contributed by atoms with E-state index in [1.807, 2.05) is 4.90 Å². The number of carboxylic acid groups (broad SMARTS) is 2. The number of hydrogen-bond acceptors (Lipinski definition) is 6. The molecule has 3 heterocycles. The van der Waals surface area contributed by atoms with Crippen molar-refractivity contribution in [1.82, 2.24) is 9.80 Å².